The Bertz CT molecular complexity index is 1240. The topological polar surface area (TPSA) is 74.6 Å². The van der Waals surface area contributed by atoms with E-state index in [-0.39, 0.29) is 40.0 Å². The molecule has 0 spiro atoms. The number of carbonyl (C=O) groups excluding carboxylic acids is 2. The molecule has 0 bridgehead atoms. The SMILES string of the molecule is C[C@]12CC[C@H]3[C@@H](CCC4=CC(=O)C=C[C@@H]43)[C@@H]1CC[C@@H]2O.C[C@]12CC[C@H]3[C@@H](CCC4=CC(=O)C=C[C@@]43C)[C@@H]1CC[C@@H]2O. The summed E-state index contributed by atoms with van der Waals surface area (Å²) in [5, 5.41) is 20.8. The van der Waals surface area contributed by atoms with Crippen LogP contribution < -0.4 is 0 Å². The molecule has 6 fully saturated rings. The molecule has 4 heteroatoms. The van der Waals surface area contributed by atoms with Gasteiger partial charge in [-0.3, -0.25) is 9.59 Å². The number of carbonyl (C=O) groups is 2. The summed E-state index contributed by atoms with van der Waals surface area (Å²) < 4.78 is 0. The van der Waals surface area contributed by atoms with Crippen molar-refractivity contribution in [2.75, 3.05) is 0 Å². The molecule has 4 nitrogen and oxygen atoms in total. The van der Waals surface area contributed by atoms with Gasteiger partial charge < -0.3 is 10.2 Å². The van der Waals surface area contributed by atoms with Crippen LogP contribution in [0.5, 0.6) is 0 Å². The maximum Gasteiger partial charge on any atom is 0.178 e. The maximum atomic E-state index is 11.7. The molecule has 2 N–H and O–H groups in total. The number of allylic oxidation sites excluding steroid dienone is 8. The van der Waals surface area contributed by atoms with Crippen LogP contribution in [0.1, 0.15) is 97.8 Å². The zero-order chi connectivity index (χ0) is 28.7. The molecule has 8 aliphatic rings. The van der Waals surface area contributed by atoms with Gasteiger partial charge in [0, 0.05) is 11.3 Å². The van der Waals surface area contributed by atoms with Gasteiger partial charge >= 0.3 is 0 Å². The van der Waals surface area contributed by atoms with Crippen LogP contribution >= 0.6 is 0 Å². The molecule has 0 heterocycles. The third-order valence-electron chi connectivity index (χ3n) is 14.4. The molecular weight excluding hydrogens is 508 g/mol. The van der Waals surface area contributed by atoms with Gasteiger partial charge in [-0.05, 0) is 148 Å². The first kappa shape index (κ1) is 28.0. The minimum absolute atomic E-state index is 0.0890. The fourth-order valence-electron chi connectivity index (χ4n) is 12.0. The molecule has 8 aliphatic carbocycles. The quantitative estimate of drug-likeness (QED) is 0.338. The summed E-state index contributed by atoms with van der Waals surface area (Å²) >= 11 is 0. The summed E-state index contributed by atoms with van der Waals surface area (Å²) in [5.74, 6) is 5.07. The Morgan fingerprint density at radius 1 is 0.659 bits per heavy atom. The Morgan fingerprint density at radius 2 is 1.29 bits per heavy atom. The highest BCUT2D eigenvalue weighted by atomic mass is 16.3. The van der Waals surface area contributed by atoms with Gasteiger partial charge in [0.15, 0.2) is 11.6 Å². The first-order valence-corrected chi connectivity index (χ1v) is 16.8. The summed E-state index contributed by atoms with van der Waals surface area (Å²) in [5.41, 5.74) is 3.13. The number of aliphatic hydroxyl groups excluding tert-OH is 2. The summed E-state index contributed by atoms with van der Waals surface area (Å²) in [7, 11) is 0. The van der Waals surface area contributed by atoms with E-state index in [1.165, 1.54) is 49.7 Å². The van der Waals surface area contributed by atoms with Crippen LogP contribution in [0.4, 0.5) is 0 Å². The molecule has 0 saturated heterocycles. The van der Waals surface area contributed by atoms with Crippen LogP contribution in [0.3, 0.4) is 0 Å². The van der Waals surface area contributed by atoms with Gasteiger partial charge in [-0.2, -0.15) is 0 Å². The first-order valence-electron chi connectivity index (χ1n) is 16.8. The highest BCUT2D eigenvalue weighted by Gasteiger charge is 2.58. The molecule has 0 aromatic heterocycles. The van der Waals surface area contributed by atoms with E-state index in [0.29, 0.717) is 29.6 Å². The summed E-state index contributed by atoms with van der Waals surface area (Å²) in [6.45, 7) is 6.98. The fourth-order valence-corrected chi connectivity index (χ4v) is 12.0. The zero-order valence-corrected chi connectivity index (χ0v) is 25.4. The lowest BCUT2D eigenvalue weighted by atomic mass is 9.48. The van der Waals surface area contributed by atoms with Gasteiger partial charge in [-0.25, -0.2) is 0 Å². The molecular formula is C37H50O4. The number of hydrogen-bond acceptors (Lipinski definition) is 4. The molecule has 0 amide bonds. The molecule has 0 aromatic carbocycles. The summed E-state index contributed by atoms with van der Waals surface area (Å²) in [6, 6.07) is 0. The number of aliphatic hydroxyl groups is 2. The van der Waals surface area contributed by atoms with Crippen LogP contribution in [0.2, 0.25) is 0 Å². The Hall–Kier alpha value is -1.78. The third kappa shape index (κ3) is 4.20. The Balaban J connectivity index is 0.000000135. The van der Waals surface area contributed by atoms with Crippen molar-refractivity contribution in [1.29, 1.82) is 0 Å². The van der Waals surface area contributed by atoms with Crippen molar-refractivity contribution >= 4 is 11.6 Å². The van der Waals surface area contributed by atoms with E-state index in [4.69, 9.17) is 0 Å². The average Bonchev–Trinajstić information content (AvgIpc) is 3.43. The normalized spacial score (nSPS) is 51.1. The van der Waals surface area contributed by atoms with Crippen molar-refractivity contribution in [3.63, 3.8) is 0 Å². The lowest BCUT2D eigenvalue weighted by Gasteiger charge is -2.56. The largest absolute Gasteiger partial charge is 0.393 e. The van der Waals surface area contributed by atoms with Gasteiger partial charge in [0.25, 0.3) is 0 Å². The van der Waals surface area contributed by atoms with Gasteiger partial charge in [-0.15, -0.1) is 0 Å². The van der Waals surface area contributed by atoms with Crippen molar-refractivity contribution in [1.82, 2.24) is 0 Å². The molecule has 41 heavy (non-hydrogen) atoms. The molecule has 6 saturated carbocycles. The highest BCUT2D eigenvalue weighted by molar-refractivity contribution is 6.01. The van der Waals surface area contributed by atoms with Gasteiger partial charge in [-0.1, -0.05) is 44.1 Å². The van der Waals surface area contributed by atoms with Crippen LogP contribution in [-0.2, 0) is 9.59 Å². The van der Waals surface area contributed by atoms with Crippen molar-refractivity contribution in [2.45, 2.75) is 110 Å². The second-order valence-electron chi connectivity index (χ2n) is 15.9. The van der Waals surface area contributed by atoms with Crippen molar-refractivity contribution in [3.05, 3.63) is 47.6 Å². The first-order chi connectivity index (χ1) is 19.5. The Labute approximate surface area is 246 Å². The second-order valence-corrected chi connectivity index (χ2v) is 15.9. The maximum absolute atomic E-state index is 11.7. The second kappa shape index (κ2) is 9.88. The number of rotatable bonds is 0. The van der Waals surface area contributed by atoms with E-state index in [2.05, 4.69) is 32.9 Å². The minimum atomic E-state index is -0.100. The van der Waals surface area contributed by atoms with Crippen molar-refractivity contribution < 1.29 is 19.8 Å². The van der Waals surface area contributed by atoms with E-state index in [1.54, 1.807) is 12.2 Å². The molecule has 0 radical (unpaired) electrons. The Morgan fingerprint density at radius 3 is 2.02 bits per heavy atom. The van der Waals surface area contributed by atoms with Crippen LogP contribution in [-0.4, -0.2) is 34.0 Å². The Kier molecular flexibility index (Phi) is 6.75. The lowest BCUT2D eigenvalue weighted by Crippen LogP contribution is -2.50. The minimum Gasteiger partial charge on any atom is -0.393 e. The number of ketones is 2. The summed E-state index contributed by atoms with van der Waals surface area (Å²) in [4.78, 5) is 23.3. The monoisotopic (exact) mass is 558 g/mol. The van der Waals surface area contributed by atoms with Crippen LogP contribution in [0, 0.1) is 57.7 Å². The molecule has 0 unspecified atom stereocenters. The van der Waals surface area contributed by atoms with E-state index in [9.17, 15) is 19.8 Å². The smallest absolute Gasteiger partial charge is 0.178 e. The van der Waals surface area contributed by atoms with Gasteiger partial charge in [0.05, 0.1) is 12.2 Å². The summed E-state index contributed by atoms with van der Waals surface area (Å²) in [6.07, 6.45) is 25.2. The van der Waals surface area contributed by atoms with Crippen molar-refractivity contribution in [3.8, 4) is 0 Å². The van der Waals surface area contributed by atoms with E-state index < -0.39 is 0 Å². The number of hydrogen-bond donors (Lipinski definition) is 2. The van der Waals surface area contributed by atoms with Gasteiger partial charge in [0.1, 0.15) is 0 Å². The molecule has 12 atom stereocenters. The van der Waals surface area contributed by atoms with E-state index in [1.807, 2.05) is 12.2 Å². The molecule has 0 aliphatic heterocycles. The molecule has 222 valence electrons. The number of fused-ring (bicyclic) bond motifs is 10. The predicted octanol–water partition coefficient (Wildman–Crippen LogP) is 6.92. The van der Waals surface area contributed by atoms with Gasteiger partial charge in [0.2, 0.25) is 0 Å². The zero-order valence-electron chi connectivity index (χ0n) is 25.4. The molecule has 8 rings (SSSR count). The predicted molar refractivity (Wildman–Crippen MR) is 161 cm³/mol. The van der Waals surface area contributed by atoms with Crippen molar-refractivity contribution in [2.24, 2.45) is 57.7 Å². The van der Waals surface area contributed by atoms with E-state index >= 15 is 0 Å². The van der Waals surface area contributed by atoms with Crippen LogP contribution in [0.15, 0.2) is 47.6 Å². The standard InChI is InChI=1S/C19H26O2.C18H24O2/c1-18-9-7-13(20)11-12(18)3-4-14-15-5-6-17(21)19(15,2)10-8-16(14)18;1-18-9-8-14-13-5-3-12(19)10-11(13)2-4-15(14)16(18)6-7-17(18)20/h7,9,11,14-17,21H,3-6,8,10H2,1-2H3;3,5,10,13-17,20H,2,4,6-9H2,1H3/t14-,15-,16-,17-,18-,19-;13-,14+,15+,16-,17-,18-/m00/s1. The highest BCUT2D eigenvalue weighted by Crippen LogP contribution is 2.65. The third-order valence-corrected chi connectivity index (χ3v) is 14.4. The fraction of sp³-hybridized carbons (Fsp3) is 0.730. The lowest BCUT2D eigenvalue weighted by molar-refractivity contribution is -0.111. The van der Waals surface area contributed by atoms with E-state index in [0.717, 1.165) is 50.4 Å². The average molecular weight is 559 g/mol. The molecule has 0 aromatic rings. The van der Waals surface area contributed by atoms with Crippen LogP contribution in [0.25, 0.3) is 0 Å².